The van der Waals surface area contributed by atoms with Gasteiger partial charge >= 0.3 is 5.97 Å². The Labute approximate surface area is 157 Å². The summed E-state index contributed by atoms with van der Waals surface area (Å²) in [5, 5.41) is 9.43. The maximum Gasteiger partial charge on any atom is 0.352 e. The zero-order valence-corrected chi connectivity index (χ0v) is 14.6. The molecule has 6 heteroatoms. The number of allylic oxidation sites excluding steroid dienone is 4. The van der Waals surface area contributed by atoms with Crippen LogP contribution in [-0.2, 0) is 9.53 Å². The van der Waals surface area contributed by atoms with Gasteiger partial charge in [0.2, 0.25) is 0 Å². The highest BCUT2D eigenvalue weighted by atomic mass is 16.5. The molecule has 6 nitrogen and oxygen atoms in total. The fourth-order valence-corrected chi connectivity index (χ4v) is 2.63. The van der Waals surface area contributed by atoms with Crippen molar-refractivity contribution in [2.45, 2.75) is 6.10 Å². The number of carbonyl (C=O) groups is 1. The van der Waals surface area contributed by atoms with Gasteiger partial charge in [-0.25, -0.2) is 9.79 Å². The van der Waals surface area contributed by atoms with Crippen molar-refractivity contribution in [3.05, 3.63) is 84.4 Å². The molecular weight excluding hydrogens is 344 g/mol. The van der Waals surface area contributed by atoms with Crippen molar-refractivity contribution in [2.24, 2.45) is 4.99 Å². The summed E-state index contributed by atoms with van der Waals surface area (Å²) in [4.78, 5) is 17.1. The van der Waals surface area contributed by atoms with Crippen LogP contribution in [0.4, 0.5) is 0 Å². The van der Waals surface area contributed by atoms with Crippen molar-refractivity contribution in [1.82, 2.24) is 4.90 Å². The molecule has 2 aliphatic rings. The summed E-state index contributed by atoms with van der Waals surface area (Å²) in [6.45, 7) is 0.781. The lowest BCUT2D eigenvalue weighted by Gasteiger charge is -2.17. The average Bonchev–Trinajstić information content (AvgIpc) is 3.06. The van der Waals surface area contributed by atoms with Gasteiger partial charge in [-0.05, 0) is 18.2 Å². The van der Waals surface area contributed by atoms with Gasteiger partial charge in [-0.15, -0.1) is 0 Å². The molecule has 2 bridgehead atoms. The molecule has 1 unspecified atom stereocenters. The summed E-state index contributed by atoms with van der Waals surface area (Å²) >= 11 is 0. The fourth-order valence-electron chi connectivity index (χ4n) is 2.63. The lowest BCUT2D eigenvalue weighted by atomic mass is 10.2. The Morgan fingerprint density at radius 1 is 1.19 bits per heavy atom. The molecule has 3 rings (SSSR count). The lowest BCUT2D eigenvalue weighted by Crippen LogP contribution is -2.24. The number of hydrogen-bond acceptors (Lipinski definition) is 5. The molecule has 0 aromatic heterocycles. The molecule has 1 N–H and O–H groups in total. The number of ether oxygens (including phenoxy) is 2. The maximum absolute atomic E-state index is 11.5. The number of benzene rings is 1. The second-order valence-electron chi connectivity index (χ2n) is 5.76. The van der Waals surface area contributed by atoms with Crippen LogP contribution in [0.1, 0.15) is 5.56 Å². The van der Waals surface area contributed by atoms with Crippen molar-refractivity contribution in [1.29, 1.82) is 0 Å². The Balaban J connectivity index is 1.88. The third-order valence-electron chi connectivity index (χ3n) is 3.85. The first-order chi connectivity index (χ1) is 13.2. The van der Waals surface area contributed by atoms with Crippen LogP contribution >= 0.6 is 0 Å². The van der Waals surface area contributed by atoms with E-state index in [1.165, 1.54) is 12.6 Å². The highest BCUT2D eigenvalue weighted by molar-refractivity contribution is 5.87. The second-order valence-corrected chi connectivity index (χ2v) is 5.76. The van der Waals surface area contributed by atoms with E-state index in [4.69, 9.17) is 9.47 Å². The number of aliphatic imine (C=N–C) groups is 1. The molecule has 0 spiro atoms. The summed E-state index contributed by atoms with van der Waals surface area (Å²) in [6.07, 6.45) is 17.0. The summed E-state index contributed by atoms with van der Waals surface area (Å²) < 4.78 is 11.3. The molecular formula is C21H20N2O4. The van der Waals surface area contributed by atoms with E-state index in [0.717, 1.165) is 5.56 Å². The molecule has 2 heterocycles. The number of nitrogens with zero attached hydrogens (tertiary/aromatic N) is 2. The highest BCUT2D eigenvalue weighted by Gasteiger charge is 2.28. The van der Waals surface area contributed by atoms with E-state index in [1.54, 1.807) is 17.2 Å². The zero-order chi connectivity index (χ0) is 18.9. The summed E-state index contributed by atoms with van der Waals surface area (Å²) in [5.74, 6) is -0.317. The number of carboxylic acids is 1. The Morgan fingerprint density at radius 3 is 2.93 bits per heavy atom. The monoisotopic (exact) mass is 364 g/mol. The summed E-state index contributed by atoms with van der Waals surface area (Å²) in [6, 6.07) is 7.64. The van der Waals surface area contributed by atoms with Gasteiger partial charge in [0.05, 0.1) is 6.54 Å². The van der Waals surface area contributed by atoms with E-state index in [-0.39, 0.29) is 11.8 Å². The number of rotatable bonds is 1. The van der Waals surface area contributed by atoms with E-state index in [0.29, 0.717) is 18.9 Å². The molecule has 2 aliphatic heterocycles. The molecule has 0 saturated heterocycles. The predicted molar refractivity (Wildman–Crippen MR) is 104 cm³/mol. The topological polar surface area (TPSA) is 71.4 Å². The zero-order valence-electron chi connectivity index (χ0n) is 14.6. The number of hydrogen-bond donors (Lipinski definition) is 1. The van der Waals surface area contributed by atoms with E-state index in [1.807, 2.05) is 60.7 Å². The van der Waals surface area contributed by atoms with Crippen molar-refractivity contribution < 1.29 is 19.4 Å². The van der Waals surface area contributed by atoms with Crippen LogP contribution in [0.5, 0.6) is 5.75 Å². The second kappa shape index (κ2) is 9.24. The molecule has 1 aromatic rings. The average molecular weight is 364 g/mol. The Kier molecular flexibility index (Phi) is 6.25. The number of para-hydroxylation sites is 1. The van der Waals surface area contributed by atoms with Gasteiger partial charge in [0.1, 0.15) is 24.2 Å². The predicted octanol–water partition coefficient (Wildman–Crippen LogP) is 3.37. The normalized spacial score (nSPS) is 25.4. The highest BCUT2D eigenvalue weighted by Crippen LogP contribution is 2.25. The molecule has 27 heavy (non-hydrogen) atoms. The molecule has 0 aliphatic carbocycles. The maximum atomic E-state index is 11.5. The van der Waals surface area contributed by atoms with Crippen LogP contribution < -0.4 is 4.74 Å². The smallest absolute Gasteiger partial charge is 0.352 e. The SMILES string of the molecule is O=C(O)C1=CC2CN1/C=C\N=C/OC\C=C/C=C\C=C/c1ccccc1O2. The van der Waals surface area contributed by atoms with Crippen LogP contribution in [0.15, 0.2) is 83.8 Å². The number of fused-ring (bicyclic) bond motifs is 3. The van der Waals surface area contributed by atoms with Crippen LogP contribution in [0.2, 0.25) is 0 Å². The molecule has 0 amide bonds. The van der Waals surface area contributed by atoms with Gasteiger partial charge < -0.3 is 19.5 Å². The molecule has 0 fully saturated rings. The van der Waals surface area contributed by atoms with Crippen molar-refractivity contribution in [2.75, 3.05) is 13.2 Å². The third kappa shape index (κ3) is 5.22. The van der Waals surface area contributed by atoms with E-state index >= 15 is 0 Å². The van der Waals surface area contributed by atoms with Gasteiger partial charge in [0.15, 0.2) is 6.40 Å². The van der Waals surface area contributed by atoms with Crippen molar-refractivity contribution in [3.8, 4) is 5.75 Å². The van der Waals surface area contributed by atoms with Gasteiger partial charge in [-0.2, -0.15) is 0 Å². The minimum absolute atomic E-state index is 0.157. The molecule has 1 atom stereocenters. The quantitative estimate of drug-likeness (QED) is 0.827. The van der Waals surface area contributed by atoms with Gasteiger partial charge in [0.25, 0.3) is 0 Å². The van der Waals surface area contributed by atoms with Crippen LogP contribution in [0.3, 0.4) is 0 Å². The van der Waals surface area contributed by atoms with Crippen molar-refractivity contribution >= 4 is 18.4 Å². The minimum Gasteiger partial charge on any atom is -0.484 e. The van der Waals surface area contributed by atoms with Crippen LogP contribution in [0.25, 0.3) is 6.08 Å². The first-order valence-corrected chi connectivity index (χ1v) is 8.51. The fraction of sp³-hybridized carbons (Fsp3) is 0.143. The number of carboxylic acid groups (broad SMARTS) is 1. The van der Waals surface area contributed by atoms with Crippen LogP contribution in [-0.4, -0.2) is 41.6 Å². The standard InChI is InChI=1S/C21H20N2O4/c24-21(25)19-14-18-15-23(19)12-11-22-16-26-13-7-3-1-2-4-8-17-9-5-6-10-20(17)27-18/h1-12,14,16,18H,13,15H2,(H,24,25)/b2-1-,7-3-,8-4-,12-11-,22-16-. The number of aliphatic carboxylic acids is 1. The Bertz CT molecular complexity index is 849. The van der Waals surface area contributed by atoms with Gasteiger partial charge in [-0.1, -0.05) is 48.6 Å². The molecule has 0 radical (unpaired) electrons. The van der Waals surface area contributed by atoms with Crippen LogP contribution in [0, 0.1) is 0 Å². The van der Waals surface area contributed by atoms with Crippen molar-refractivity contribution in [3.63, 3.8) is 0 Å². The first kappa shape index (κ1) is 18.3. The minimum atomic E-state index is -1.01. The largest absolute Gasteiger partial charge is 0.484 e. The third-order valence-corrected chi connectivity index (χ3v) is 3.85. The Hall–Kier alpha value is -3.54. The lowest BCUT2D eigenvalue weighted by molar-refractivity contribution is -0.133. The molecule has 0 saturated carbocycles. The summed E-state index contributed by atoms with van der Waals surface area (Å²) in [7, 11) is 0. The molecule has 138 valence electrons. The Morgan fingerprint density at radius 2 is 2.04 bits per heavy atom. The van der Waals surface area contributed by atoms with Gasteiger partial charge in [-0.3, -0.25) is 0 Å². The first-order valence-electron chi connectivity index (χ1n) is 8.51. The van der Waals surface area contributed by atoms with Gasteiger partial charge in [0, 0.05) is 18.0 Å². The molecule has 1 aromatic carbocycles. The van der Waals surface area contributed by atoms with E-state index in [9.17, 15) is 9.90 Å². The van der Waals surface area contributed by atoms with E-state index in [2.05, 4.69) is 4.99 Å². The summed E-state index contributed by atoms with van der Waals surface area (Å²) in [5.41, 5.74) is 1.07. The van der Waals surface area contributed by atoms with E-state index < -0.39 is 5.97 Å².